The summed E-state index contributed by atoms with van der Waals surface area (Å²) in [5.41, 5.74) is 2.01. The van der Waals surface area contributed by atoms with Crippen LogP contribution in [0.3, 0.4) is 0 Å². The zero-order valence-corrected chi connectivity index (χ0v) is 18.8. The average molecular weight is 514 g/mol. The fraction of sp³-hybridized carbons (Fsp3) is 0.316. The van der Waals surface area contributed by atoms with Gasteiger partial charge in [-0.3, -0.25) is 4.68 Å². The molecule has 0 fully saturated rings. The number of aromatic nitrogens is 4. The molecule has 9 heteroatoms. The highest BCUT2D eigenvalue weighted by Crippen LogP contribution is 2.13. The predicted molar refractivity (Wildman–Crippen MR) is 124 cm³/mol. The van der Waals surface area contributed by atoms with Gasteiger partial charge in [0.25, 0.3) is 0 Å². The molecule has 0 radical (unpaired) electrons. The number of benzene rings is 1. The highest BCUT2D eigenvalue weighted by atomic mass is 127. The van der Waals surface area contributed by atoms with Gasteiger partial charge in [-0.15, -0.1) is 24.0 Å². The Balaban J connectivity index is 0.00000280. The molecule has 2 heterocycles. The minimum Gasteiger partial charge on any atom is -0.357 e. The minimum absolute atomic E-state index is 0. The van der Waals surface area contributed by atoms with Crippen molar-refractivity contribution in [3.63, 3.8) is 0 Å². The predicted octanol–water partition coefficient (Wildman–Crippen LogP) is 3.49. The Labute approximate surface area is 187 Å². The van der Waals surface area contributed by atoms with Crippen molar-refractivity contribution in [1.29, 1.82) is 0 Å². The van der Waals surface area contributed by atoms with Crippen LogP contribution in [0.25, 0.3) is 5.69 Å². The minimum atomic E-state index is 0. The Morgan fingerprint density at radius 2 is 2.00 bits per heavy atom. The SMILES string of the molecule is CCNC(=NCc1cnn(-c2ccc(Cl)cc2)c1)NCCCn1cccn1.I. The highest BCUT2D eigenvalue weighted by molar-refractivity contribution is 14.0. The summed E-state index contributed by atoms with van der Waals surface area (Å²) in [7, 11) is 0. The van der Waals surface area contributed by atoms with Crippen LogP contribution in [0, 0.1) is 0 Å². The molecule has 1 aromatic carbocycles. The van der Waals surface area contributed by atoms with Crippen LogP contribution in [0.1, 0.15) is 18.9 Å². The summed E-state index contributed by atoms with van der Waals surface area (Å²) in [6.45, 7) is 5.14. The molecule has 0 aliphatic rings. The molecular weight excluding hydrogens is 489 g/mol. The molecule has 0 spiro atoms. The molecule has 0 aliphatic heterocycles. The number of guanidine groups is 1. The van der Waals surface area contributed by atoms with E-state index in [4.69, 9.17) is 11.6 Å². The zero-order chi connectivity index (χ0) is 18.9. The van der Waals surface area contributed by atoms with Crippen molar-refractivity contribution in [3.8, 4) is 5.69 Å². The van der Waals surface area contributed by atoms with Gasteiger partial charge in [-0.1, -0.05) is 11.6 Å². The van der Waals surface area contributed by atoms with E-state index in [0.717, 1.165) is 43.3 Å². The summed E-state index contributed by atoms with van der Waals surface area (Å²) in [5, 5.41) is 15.9. The summed E-state index contributed by atoms with van der Waals surface area (Å²) >= 11 is 5.93. The van der Waals surface area contributed by atoms with Gasteiger partial charge < -0.3 is 10.6 Å². The van der Waals surface area contributed by atoms with E-state index in [9.17, 15) is 0 Å². The maximum Gasteiger partial charge on any atom is 0.191 e. The van der Waals surface area contributed by atoms with Crippen molar-refractivity contribution in [3.05, 3.63) is 65.7 Å². The Hall–Kier alpha value is -2.07. The van der Waals surface area contributed by atoms with Crippen molar-refractivity contribution in [1.82, 2.24) is 30.2 Å². The molecule has 0 atom stereocenters. The van der Waals surface area contributed by atoms with Crippen LogP contribution in [0.2, 0.25) is 5.02 Å². The Kier molecular flexibility index (Phi) is 9.29. The van der Waals surface area contributed by atoms with E-state index < -0.39 is 0 Å². The Morgan fingerprint density at radius 3 is 2.71 bits per heavy atom. The van der Waals surface area contributed by atoms with Crippen LogP contribution in [0.5, 0.6) is 0 Å². The van der Waals surface area contributed by atoms with Crippen LogP contribution in [-0.4, -0.2) is 38.6 Å². The first kappa shape index (κ1) is 22.2. The zero-order valence-electron chi connectivity index (χ0n) is 15.8. The lowest BCUT2D eigenvalue weighted by molar-refractivity contribution is 0.570. The molecule has 2 N–H and O–H groups in total. The van der Waals surface area contributed by atoms with Gasteiger partial charge >= 0.3 is 0 Å². The quantitative estimate of drug-likeness (QED) is 0.209. The number of halogens is 2. The summed E-state index contributed by atoms with van der Waals surface area (Å²) in [5.74, 6) is 0.803. The molecule has 3 aromatic rings. The lowest BCUT2D eigenvalue weighted by atomic mass is 10.3. The molecule has 3 rings (SSSR count). The van der Waals surface area contributed by atoms with E-state index in [1.807, 2.05) is 58.3 Å². The number of rotatable bonds is 8. The Bertz CT molecular complexity index is 844. The molecule has 0 aliphatic carbocycles. The molecule has 150 valence electrons. The van der Waals surface area contributed by atoms with Crippen molar-refractivity contribution in [2.45, 2.75) is 26.4 Å². The number of aliphatic imine (C=N–C) groups is 1. The number of aryl methyl sites for hydroxylation is 1. The smallest absolute Gasteiger partial charge is 0.191 e. The van der Waals surface area contributed by atoms with Gasteiger partial charge in [0.1, 0.15) is 0 Å². The molecule has 0 saturated carbocycles. The van der Waals surface area contributed by atoms with Gasteiger partial charge in [0, 0.05) is 48.8 Å². The van der Waals surface area contributed by atoms with E-state index in [1.165, 1.54) is 0 Å². The van der Waals surface area contributed by atoms with Crippen molar-refractivity contribution < 1.29 is 0 Å². The fourth-order valence-electron chi connectivity index (χ4n) is 2.57. The second kappa shape index (κ2) is 11.7. The number of nitrogens with zero attached hydrogens (tertiary/aromatic N) is 5. The first-order chi connectivity index (χ1) is 13.2. The number of nitrogens with one attached hydrogen (secondary N) is 2. The number of hydrogen-bond donors (Lipinski definition) is 2. The van der Waals surface area contributed by atoms with E-state index in [1.54, 1.807) is 6.20 Å². The second-order valence-electron chi connectivity index (χ2n) is 6.01. The van der Waals surface area contributed by atoms with Crippen LogP contribution >= 0.6 is 35.6 Å². The second-order valence-corrected chi connectivity index (χ2v) is 6.45. The van der Waals surface area contributed by atoms with Crippen LogP contribution in [0.4, 0.5) is 0 Å². The van der Waals surface area contributed by atoms with Crippen molar-refractivity contribution >= 4 is 41.5 Å². The maximum atomic E-state index is 5.93. The topological polar surface area (TPSA) is 72.1 Å². The molecule has 0 saturated heterocycles. The first-order valence-electron chi connectivity index (χ1n) is 9.03. The number of hydrogen-bond acceptors (Lipinski definition) is 3. The van der Waals surface area contributed by atoms with E-state index in [2.05, 4.69) is 32.7 Å². The van der Waals surface area contributed by atoms with Gasteiger partial charge in [-0.2, -0.15) is 10.2 Å². The van der Waals surface area contributed by atoms with E-state index in [-0.39, 0.29) is 24.0 Å². The third kappa shape index (κ3) is 6.83. The van der Waals surface area contributed by atoms with Gasteiger partial charge in [-0.05, 0) is 43.7 Å². The van der Waals surface area contributed by atoms with Gasteiger partial charge in [-0.25, -0.2) is 9.67 Å². The third-order valence-electron chi connectivity index (χ3n) is 3.91. The van der Waals surface area contributed by atoms with E-state index >= 15 is 0 Å². The largest absolute Gasteiger partial charge is 0.357 e. The lowest BCUT2D eigenvalue weighted by Gasteiger charge is -2.11. The molecule has 28 heavy (non-hydrogen) atoms. The lowest BCUT2D eigenvalue weighted by Crippen LogP contribution is -2.38. The molecule has 0 unspecified atom stereocenters. The van der Waals surface area contributed by atoms with E-state index in [0.29, 0.717) is 11.6 Å². The van der Waals surface area contributed by atoms with Gasteiger partial charge in [0.05, 0.1) is 18.4 Å². The molecule has 7 nitrogen and oxygen atoms in total. The summed E-state index contributed by atoms with van der Waals surface area (Å²) in [4.78, 5) is 4.64. The van der Waals surface area contributed by atoms with Crippen LogP contribution < -0.4 is 10.6 Å². The molecular formula is C19H25ClIN7. The summed E-state index contributed by atoms with van der Waals surface area (Å²) in [6, 6.07) is 9.52. The fourth-order valence-corrected chi connectivity index (χ4v) is 2.70. The summed E-state index contributed by atoms with van der Waals surface area (Å²) in [6.07, 6.45) is 8.55. The molecule has 0 amide bonds. The molecule has 2 aromatic heterocycles. The first-order valence-corrected chi connectivity index (χ1v) is 9.41. The van der Waals surface area contributed by atoms with Crippen LogP contribution in [-0.2, 0) is 13.1 Å². The maximum absolute atomic E-state index is 5.93. The third-order valence-corrected chi connectivity index (χ3v) is 4.16. The van der Waals surface area contributed by atoms with Gasteiger partial charge in [0.15, 0.2) is 5.96 Å². The highest BCUT2D eigenvalue weighted by Gasteiger charge is 2.02. The van der Waals surface area contributed by atoms with Crippen LogP contribution in [0.15, 0.2) is 60.1 Å². The summed E-state index contributed by atoms with van der Waals surface area (Å²) < 4.78 is 3.75. The standard InChI is InChI=1S/C19H24ClN7.HI/c1-2-21-19(22-9-3-11-26-12-4-10-24-26)23-13-16-14-25-27(15-16)18-7-5-17(20)6-8-18;/h4-8,10,12,14-15H,2-3,9,11,13H2,1H3,(H2,21,22,23);1H. The Morgan fingerprint density at radius 1 is 1.18 bits per heavy atom. The molecule has 0 bridgehead atoms. The normalized spacial score (nSPS) is 11.1. The average Bonchev–Trinajstić information content (AvgIpc) is 3.36. The van der Waals surface area contributed by atoms with Gasteiger partial charge in [0.2, 0.25) is 0 Å². The van der Waals surface area contributed by atoms with Crippen molar-refractivity contribution in [2.24, 2.45) is 4.99 Å². The monoisotopic (exact) mass is 513 g/mol. The van der Waals surface area contributed by atoms with Crippen molar-refractivity contribution in [2.75, 3.05) is 13.1 Å².